The Morgan fingerprint density at radius 1 is 1.24 bits per heavy atom. The molecule has 0 aromatic heterocycles. The van der Waals surface area contributed by atoms with E-state index < -0.39 is 11.5 Å². The van der Waals surface area contributed by atoms with E-state index in [1.165, 1.54) is 14.0 Å². The molecular formula is C18H23NO6. The molecule has 0 heterocycles. The molecule has 2 N–H and O–H groups in total. The molecule has 1 aromatic rings. The summed E-state index contributed by atoms with van der Waals surface area (Å²) < 4.78 is 10.8. The van der Waals surface area contributed by atoms with Crippen molar-refractivity contribution in [2.24, 2.45) is 0 Å². The molecule has 1 aliphatic carbocycles. The van der Waals surface area contributed by atoms with E-state index in [1.54, 1.807) is 18.2 Å². The van der Waals surface area contributed by atoms with E-state index in [4.69, 9.17) is 9.47 Å². The van der Waals surface area contributed by atoms with E-state index in [2.05, 4.69) is 5.32 Å². The molecule has 1 saturated carbocycles. The molecule has 1 amide bonds. The van der Waals surface area contributed by atoms with Crippen LogP contribution in [0.1, 0.15) is 49.4 Å². The molecule has 0 unspecified atom stereocenters. The van der Waals surface area contributed by atoms with E-state index in [0.29, 0.717) is 36.3 Å². The number of carboxylic acid groups (broad SMARTS) is 1. The van der Waals surface area contributed by atoms with Gasteiger partial charge in [-0.2, -0.15) is 0 Å². The Balaban J connectivity index is 1.80. The molecular weight excluding hydrogens is 326 g/mol. The second-order valence-electron chi connectivity index (χ2n) is 6.16. The van der Waals surface area contributed by atoms with Gasteiger partial charge < -0.3 is 19.9 Å². The molecule has 0 atom stereocenters. The summed E-state index contributed by atoms with van der Waals surface area (Å²) in [6, 6.07) is 4.92. The fourth-order valence-corrected chi connectivity index (χ4v) is 2.67. The monoisotopic (exact) mass is 349 g/mol. The van der Waals surface area contributed by atoms with Crippen molar-refractivity contribution >= 4 is 17.7 Å². The molecule has 25 heavy (non-hydrogen) atoms. The number of amides is 1. The predicted molar refractivity (Wildman–Crippen MR) is 90.1 cm³/mol. The first kappa shape index (κ1) is 18.8. The van der Waals surface area contributed by atoms with Gasteiger partial charge in [0.2, 0.25) is 5.91 Å². The number of methoxy groups -OCH3 is 1. The van der Waals surface area contributed by atoms with Gasteiger partial charge in [-0.15, -0.1) is 0 Å². The lowest BCUT2D eigenvalue weighted by Gasteiger charge is -2.38. The zero-order valence-corrected chi connectivity index (χ0v) is 14.5. The lowest BCUT2D eigenvalue weighted by Crippen LogP contribution is -2.59. The van der Waals surface area contributed by atoms with Crippen LogP contribution in [0.25, 0.3) is 0 Å². The molecule has 7 heteroatoms. The number of rotatable bonds is 9. The topological polar surface area (TPSA) is 102 Å². The molecule has 1 aliphatic rings. The van der Waals surface area contributed by atoms with Gasteiger partial charge in [-0.25, -0.2) is 4.79 Å². The van der Waals surface area contributed by atoms with Gasteiger partial charge >= 0.3 is 5.97 Å². The zero-order valence-electron chi connectivity index (χ0n) is 14.5. The van der Waals surface area contributed by atoms with Crippen LogP contribution in [-0.2, 0) is 9.59 Å². The molecule has 0 spiro atoms. The third kappa shape index (κ3) is 4.49. The summed E-state index contributed by atoms with van der Waals surface area (Å²) in [7, 11) is 1.49. The molecule has 7 nitrogen and oxygen atoms in total. The molecule has 1 fully saturated rings. The second-order valence-corrected chi connectivity index (χ2v) is 6.16. The number of ketones is 1. The van der Waals surface area contributed by atoms with Gasteiger partial charge in [0.15, 0.2) is 17.3 Å². The van der Waals surface area contributed by atoms with Gasteiger partial charge in [0, 0.05) is 12.0 Å². The van der Waals surface area contributed by atoms with E-state index in [9.17, 15) is 19.5 Å². The number of ether oxygens (including phenoxy) is 2. The van der Waals surface area contributed by atoms with Gasteiger partial charge in [0.1, 0.15) is 5.54 Å². The van der Waals surface area contributed by atoms with Crippen molar-refractivity contribution < 1.29 is 29.0 Å². The van der Waals surface area contributed by atoms with Crippen molar-refractivity contribution in [1.29, 1.82) is 0 Å². The number of carbonyl (C=O) groups excluding carboxylic acids is 2. The summed E-state index contributed by atoms with van der Waals surface area (Å²) in [6.07, 6.45) is 2.39. The quantitative estimate of drug-likeness (QED) is 0.523. The minimum atomic E-state index is -1.08. The van der Waals surface area contributed by atoms with Crippen LogP contribution in [0, 0.1) is 0 Å². The molecule has 0 saturated heterocycles. The standard InChI is InChI=1S/C18H23NO6/c1-12(20)13-6-7-14(15(11-13)24-2)25-10-3-5-16(21)19-18(17(22)23)8-4-9-18/h6-7,11H,3-5,8-10H2,1-2H3,(H,19,21)(H,22,23). The average Bonchev–Trinajstić information content (AvgIpc) is 2.54. The maximum absolute atomic E-state index is 11.9. The van der Waals surface area contributed by atoms with Crippen molar-refractivity contribution in [3.8, 4) is 11.5 Å². The van der Waals surface area contributed by atoms with Crippen LogP contribution in [0.3, 0.4) is 0 Å². The third-order valence-corrected chi connectivity index (χ3v) is 4.37. The molecule has 0 bridgehead atoms. The molecule has 136 valence electrons. The summed E-state index contributed by atoms with van der Waals surface area (Å²) in [6.45, 7) is 1.75. The van der Waals surface area contributed by atoms with Crippen molar-refractivity contribution in [3.63, 3.8) is 0 Å². The summed E-state index contributed by atoms with van der Waals surface area (Å²) in [5.41, 5.74) is -0.549. The molecule has 2 rings (SSSR count). The number of Topliss-reactive ketones (excluding diaryl/α,β-unsaturated/α-hetero) is 1. The maximum atomic E-state index is 11.9. The first-order valence-electron chi connectivity index (χ1n) is 8.24. The average molecular weight is 349 g/mol. The van der Waals surface area contributed by atoms with E-state index in [0.717, 1.165) is 6.42 Å². The number of hydrogen-bond acceptors (Lipinski definition) is 5. The molecule has 0 aliphatic heterocycles. The minimum absolute atomic E-state index is 0.0649. The Hall–Kier alpha value is -2.57. The first-order valence-corrected chi connectivity index (χ1v) is 8.24. The van der Waals surface area contributed by atoms with Crippen molar-refractivity contribution in [2.75, 3.05) is 13.7 Å². The zero-order chi connectivity index (χ0) is 18.4. The number of benzene rings is 1. The highest BCUT2D eigenvalue weighted by atomic mass is 16.5. The van der Waals surface area contributed by atoms with Crippen molar-refractivity contribution in [2.45, 2.75) is 44.6 Å². The molecule has 0 radical (unpaired) electrons. The van der Waals surface area contributed by atoms with E-state index >= 15 is 0 Å². The lowest BCUT2D eigenvalue weighted by atomic mass is 9.76. The normalized spacial score (nSPS) is 15.0. The third-order valence-electron chi connectivity index (χ3n) is 4.37. The van der Waals surface area contributed by atoms with Gasteiger partial charge in [0.25, 0.3) is 0 Å². The van der Waals surface area contributed by atoms with Crippen LogP contribution in [0.2, 0.25) is 0 Å². The minimum Gasteiger partial charge on any atom is -0.493 e. The predicted octanol–water partition coefficient (Wildman–Crippen LogP) is 2.18. The summed E-state index contributed by atoms with van der Waals surface area (Å²) in [5, 5.41) is 11.8. The SMILES string of the molecule is COc1cc(C(C)=O)ccc1OCCCC(=O)NC1(C(=O)O)CCC1. The van der Waals surface area contributed by atoms with E-state index in [1.807, 2.05) is 0 Å². The Morgan fingerprint density at radius 3 is 2.48 bits per heavy atom. The number of nitrogens with one attached hydrogen (secondary N) is 1. The van der Waals surface area contributed by atoms with Gasteiger partial charge in [0.05, 0.1) is 13.7 Å². The molecule has 1 aromatic carbocycles. The van der Waals surface area contributed by atoms with Crippen LogP contribution in [0.5, 0.6) is 11.5 Å². The van der Waals surface area contributed by atoms with E-state index in [-0.39, 0.29) is 24.7 Å². The van der Waals surface area contributed by atoms with Crippen molar-refractivity contribution in [3.05, 3.63) is 23.8 Å². The van der Waals surface area contributed by atoms with Crippen LogP contribution in [-0.4, -0.2) is 42.0 Å². The fraction of sp³-hybridized carbons (Fsp3) is 0.500. The summed E-state index contributed by atoms with van der Waals surface area (Å²) in [5.74, 6) is -0.376. The number of carbonyl (C=O) groups is 3. The van der Waals surface area contributed by atoms with Crippen LogP contribution in [0.4, 0.5) is 0 Å². The van der Waals surface area contributed by atoms with Crippen LogP contribution >= 0.6 is 0 Å². The highest BCUT2D eigenvalue weighted by molar-refractivity contribution is 5.94. The summed E-state index contributed by atoms with van der Waals surface area (Å²) in [4.78, 5) is 34.5. The number of hydrogen-bond donors (Lipinski definition) is 2. The van der Waals surface area contributed by atoms with Crippen LogP contribution in [0.15, 0.2) is 18.2 Å². The number of aliphatic carboxylic acids is 1. The van der Waals surface area contributed by atoms with Crippen molar-refractivity contribution in [1.82, 2.24) is 5.32 Å². The number of carboxylic acids is 1. The highest BCUT2D eigenvalue weighted by Crippen LogP contribution is 2.32. The Morgan fingerprint density at radius 2 is 1.96 bits per heavy atom. The Kier molecular flexibility index (Phi) is 6.01. The van der Waals surface area contributed by atoms with Gasteiger partial charge in [-0.3, -0.25) is 9.59 Å². The highest BCUT2D eigenvalue weighted by Gasteiger charge is 2.45. The first-order chi connectivity index (χ1) is 11.9. The van der Waals surface area contributed by atoms with Crippen LogP contribution < -0.4 is 14.8 Å². The second kappa shape index (κ2) is 8.00. The largest absolute Gasteiger partial charge is 0.493 e. The lowest BCUT2D eigenvalue weighted by molar-refractivity contribution is -0.151. The van der Waals surface area contributed by atoms with Gasteiger partial charge in [-0.05, 0) is 50.8 Å². The smallest absolute Gasteiger partial charge is 0.329 e. The van der Waals surface area contributed by atoms with Gasteiger partial charge in [-0.1, -0.05) is 0 Å². The Bertz CT molecular complexity index is 666. The summed E-state index contributed by atoms with van der Waals surface area (Å²) >= 11 is 0. The maximum Gasteiger partial charge on any atom is 0.329 e. The Labute approximate surface area is 146 Å². The fourth-order valence-electron chi connectivity index (χ4n) is 2.67.